The molecule has 1 aliphatic heterocycles. The Labute approximate surface area is 152 Å². The van der Waals surface area contributed by atoms with Crippen LogP contribution in [0, 0.1) is 0 Å². The van der Waals surface area contributed by atoms with Crippen molar-refractivity contribution in [1.29, 1.82) is 0 Å². The van der Waals surface area contributed by atoms with Crippen molar-refractivity contribution in [3.05, 3.63) is 42.5 Å². The Morgan fingerprint density at radius 2 is 2.19 bits per heavy atom. The third-order valence-electron chi connectivity index (χ3n) is 4.53. The van der Waals surface area contributed by atoms with Gasteiger partial charge in [0, 0.05) is 50.7 Å². The van der Waals surface area contributed by atoms with E-state index in [1.807, 2.05) is 23.2 Å². The van der Waals surface area contributed by atoms with Gasteiger partial charge in [-0.25, -0.2) is 4.68 Å². The van der Waals surface area contributed by atoms with Crippen molar-refractivity contribution >= 4 is 11.8 Å². The van der Waals surface area contributed by atoms with Crippen LogP contribution in [0.15, 0.2) is 36.8 Å². The molecule has 0 radical (unpaired) electrons. The first-order valence-electron chi connectivity index (χ1n) is 8.93. The summed E-state index contributed by atoms with van der Waals surface area (Å²) >= 11 is 0. The van der Waals surface area contributed by atoms with Crippen LogP contribution in [0.1, 0.15) is 36.2 Å². The van der Waals surface area contributed by atoms with Crippen molar-refractivity contribution in [3.8, 4) is 5.69 Å². The quantitative estimate of drug-likeness (QED) is 0.793. The molecule has 26 heavy (non-hydrogen) atoms. The highest BCUT2D eigenvalue weighted by molar-refractivity contribution is 5.93. The molecule has 0 saturated carbocycles. The second kappa shape index (κ2) is 8.57. The van der Waals surface area contributed by atoms with Crippen LogP contribution in [-0.2, 0) is 4.79 Å². The molecule has 3 N–H and O–H groups in total. The first-order chi connectivity index (χ1) is 12.7. The van der Waals surface area contributed by atoms with Crippen LogP contribution in [-0.4, -0.2) is 57.2 Å². The van der Waals surface area contributed by atoms with E-state index in [2.05, 4.69) is 15.4 Å². The van der Waals surface area contributed by atoms with Crippen LogP contribution in [0.5, 0.6) is 0 Å². The molecule has 2 amide bonds. The molecule has 0 aromatic carbocycles. The molecule has 8 heteroatoms. The van der Waals surface area contributed by atoms with E-state index in [-0.39, 0.29) is 17.9 Å². The van der Waals surface area contributed by atoms with Gasteiger partial charge >= 0.3 is 0 Å². The lowest BCUT2D eigenvalue weighted by atomic mass is 10.0. The molecule has 1 fully saturated rings. The highest BCUT2D eigenvalue weighted by Gasteiger charge is 2.28. The summed E-state index contributed by atoms with van der Waals surface area (Å²) in [6, 6.07) is 5.36. The lowest BCUT2D eigenvalue weighted by Crippen LogP contribution is -2.49. The van der Waals surface area contributed by atoms with Crippen molar-refractivity contribution in [3.63, 3.8) is 0 Å². The van der Waals surface area contributed by atoms with Crippen molar-refractivity contribution < 1.29 is 9.59 Å². The topological polar surface area (TPSA) is 106 Å². The SMILES string of the molecule is NCCC(=O)NCC1CCCCN1C(=O)c1cc(-n2cccn2)ccn1. The average Bonchev–Trinajstić information content (AvgIpc) is 3.21. The van der Waals surface area contributed by atoms with Crippen LogP contribution < -0.4 is 11.1 Å². The Hall–Kier alpha value is -2.74. The van der Waals surface area contributed by atoms with Gasteiger partial charge in [-0.1, -0.05) is 0 Å². The number of amides is 2. The highest BCUT2D eigenvalue weighted by atomic mass is 16.2. The largest absolute Gasteiger partial charge is 0.354 e. The van der Waals surface area contributed by atoms with Crippen molar-refractivity contribution in [2.24, 2.45) is 5.73 Å². The fourth-order valence-electron chi connectivity index (χ4n) is 3.18. The Morgan fingerprint density at radius 1 is 1.31 bits per heavy atom. The van der Waals surface area contributed by atoms with Gasteiger partial charge in [0.1, 0.15) is 5.69 Å². The molecule has 0 bridgehead atoms. The van der Waals surface area contributed by atoms with Gasteiger partial charge in [0.15, 0.2) is 0 Å². The van der Waals surface area contributed by atoms with Gasteiger partial charge in [-0.05, 0) is 37.5 Å². The van der Waals surface area contributed by atoms with Gasteiger partial charge in [0.25, 0.3) is 5.91 Å². The molecule has 0 aliphatic carbocycles. The number of nitrogens with zero attached hydrogens (tertiary/aromatic N) is 4. The van der Waals surface area contributed by atoms with E-state index in [1.54, 1.807) is 23.1 Å². The minimum absolute atomic E-state index is 0.0202. The number of likely N-dealkylation sites (tertiary alicyclic amines) is 1. The number of aromatic nitrogens is 3. The van der Waals surface area contributed by atoms with Gasteiger partial charge in [0.2, 0.25) is 5.91 Å². The zero-order chi connectivity index (χ0) is 18.4. The maximum absolute atomic E-state index is 13.0. The molecule has 1 unspecified atom stereocenters. The lowest BCUT2D eigenvalue weighted by Gasteiger charge is -2.35. The fraction of sp³-hybridized carbons (Fsp3) is 0.444. The number of carbonyl (C=O) groups is 2. The Morgan fingerprint density at radius 3 is 2.96 bits per heavy atom. The predicted molar refractivity (Wildman–Crippen MR) is 96.7 cm³/mol. The number of hydrogen-bond donors (Lipinski definition) is 2. The van der Waals surface area contributed by atoms with Gasteiger partial charge in [-0.15, -0.1) is 0 Å². The van der Waals surface area contributed by atoms with Crippen molar-refractivity contribution in [1.82, 2.24) is 25.0 Å². The second-order valence-corrected chi connectivity index (χ2v) is 6.34. The van der Waals surface area contributed by atoms with E-state index in [9.17, 15) is 9.59 Å². The van der Waals surface area contributed by atoms with E-state index in [1.165, 1.54) is 0 Å². The van der Waals surface area contributed by atoms with Gasteiger partial charge in [0.05, 0.1) is 5.69 Å². The molecule has 8 nitrogen and oxygen atoms in total. The maximum Gasteiger partial charge on any atom is 0.272 e. The number of nitrogens with two attached hydrogens (primary N) is 1. The number of hydrogen-bond acceptors (Lipinski definition) is 5. The van der Waals surface area contributed by atoms with Crippen LogP contribution in [0.2, 0.25) is 0 Å². The first kappa shape index (κ1) is 18.1. The molecule has 3 rings (SSSR count). The van der Waals surface area contributed by atoms with E-state index < -0.39 is 0 Å². The van der Waals surface area contributed by atoms with Crippen LogP contribution >= 0.6 is 0 Å². The number of pyridine rings is 1. The van der Waals surface area contributed by atoms with Gasteiger partial charge in [-0.2, -0.15) is 5.10 Å². The highest BCUT2D eigenvalue weighted by Crippen LogP contribution is 2.19. The minimum atomic E-state index is -0.114. The Balaban J connectivity index is 1.72. The molecule has 1 atom stereocenters. The molecule has 0 spiro atoms. The summed E-state index contributed by atoms with van der Waals surface area (Å²) in [4.78, 5) is 30.8. The molecule has 2 aromatic heterocycles. The number of piperidine rings is 1. The second-order valence-electron chi connectivity index (χ2n) is 6.34. The molecule has 3 heterocycles. The van der Waals surface area contributed by atoms with Crippen molar-refractivity contribution in [2.75, 3.05) is 19.6 Å². The molecular formula is C18H24N6O2. The van der Waals surface area contributed by atoms with Crippen LogP contribution in [0.4, 0.5) is 0 Å². The van der Waals surface area contributed by atoms with E-state index in [0.29, 0.717) is 31.7 Å². The van der Waals surface area contributed by atoms with Gasteiger partial charge in [-0.3, -0.25) is 14.6 Å². The normalized spacial score (nSPS) is 17.1. The summed E-state index contributed by atoms with van der Waals surface area (Å²) in [5.41, 5.74) is 6.58. The number of rotatable bonds is 6. The third kappa shape index (κ3) is 4.26. The summed E-state index contributed by atoms with van der Waals surface area (Å²) in [6.07, 6.45) is 8.29. The molecule has 1 saturated heterocycles. The first-order valence-corrected chi connectivity index (χ1v) is 8.93. The van der Waals surface area contributed by atoms with E-state index >= 15 is 0 Å². The minimum Gasteiger partial charge on any atom is -0.354 e. The predicted octanol–water partition coefficient (Wildman–Crippen LogP) is 0.727. The molecule has 1 aliphatic rings. The summed E-state index contributed by atoms with van der Waals surface area (Å²) in [6.45, 7) is 1.44. The average molecular weight is 356 g/mol. The molecule has 138 valence electrons. The van der Waals surface area contributed by atoms with Crippen molar-refractivity contribution in [2.45, 2.75) is 31.7 Å². The number of carbonyl (C=O) groups excluding carboxylic acids is 2. The molecular weight excluding hydrogens is 332 g/mol. The fourth-order valence-corrected chi connectivity index (χ4v) is 3.18. The maximum atomic E-state index is 13.0. The number of nitrogens with one attached hydrogen (secondary N) is 1. The summed E-state index contributed by atoms with van der Waals surface area (Å²) in [5.74, 6) is -0.193. The summed E-state index contributed by atoms with van der Waals surface area (Å²) < 4.78 is 1.69. The molecule has 2 aromatic rings. The smallest absolute Gasteiger partial charge is 0.272 e. The standard InChI is InChI=1S/C18H24N6O2/c19-7-5-17(25)21-13-15-4-1-2-10-23(15)18(26)16-12-14(6-9-20-16)24-11-3-8-22-24/h3,6,8-9,11-12,15H,1-2,4-5,7,10,13,19H2,(H,21,25). The zero-order valence-electron chi connectivity index (χ0n) is 14.7. The lowest BCUT2D eigenvalue weighted by molar-refractivity contribution is -0.121. The Bertz CT molecular complexity index is 746. The monoisotopic (exact) mass is 356 g/mol. The Kier molecular flexibility index (Phi) is 5.96. The van der Waals surface area contributed by atoms with Crippen LogP contribution in [0.25, 0.3) is 5.69 Å². The summed E-state index contributed by atoms with van der Waals surface area (Å²) in [5, 5.41) is 7.06. The summed E-state index contributed by atoms with van der Waals surface area (Å²) in [7, 11) is 0. The van der Waals surface area contributed by atoms with E-state index in [0.717, 1.165) is 24.9 Å². The van der Waals surface area contributed by atoms with E-state index in [4.69, 9.17) is 5.73 Å². The van der Waals surface area contributed by atoms with Crippen LogP contribution in [0.3, 0.4) is 0 Å². The third-order valence-corrected chi connectivity index (χ3v) is 4.53. The van der Waals surface area contributed by atoms with Gasteiger partial charge < -0.3 is 16.0 Å². The zero-order valence-corrected chi connectivity index (χ0v) is 14.7.